The predicted octanol–water partition coefficient (Wildman–Crippen LogP) is 2.93. The average molecular weight is 269 g/mol. The third kappa shape index (κ3) is 38.7. The van der Waals surface area contributed by atoms with Gasteiger partial charge in [-0.1, -0.05) is 42.9 Å². The van der Waals surface area contributed by atoms with Crippen LogP contribution in [0, 0.1) is 0 Å². The van der Waals surface area contributed by atoms with Crippen LogP contribution >= 0.6 is 23.2 Å². The topological polar surface area (TPSA) is 63.6 Å². The molecule has 0 aromatic heterocycles. The van der Waals surface area contributed by atoms with Crippen LogP contribution in [0.1, 0.15) is 6.92 Å². The van der Waals surface area contributed by atoms with Crippen molar-refractivity contribution < 1.29 is 19.4 Å². The van der Waals surface area contributed by atoms with Crippen molar-refractivity contribution in [2.24, 2.45) is 0 Å². The molecule has 0 rings (SSSR count). The molecule has 0 fully saturated rings. The van der Waals surface area contributed by atoms with Crippen molar-refractivity contribution in [3.63, 3.8) is 0 Å². The molecule has 0 aliphatic heterocycles. The van der Waals surface area contributed by atoms with Gasteiger partial charge in [-0.2, -0.15) is 0 Å². The number of methoxy groups -OCH3 is 1. The maximum absolute atomic E-state index is 10.2. The van der Waals surface area contributed by atoms with E-state index in [1.54, 1.807) is 6.92 Å². The minimum Gasteiger partial charge on any atom is -0.478 e. The van der Waals surface area contributed by atoms with E-state index in [0.717, 1.165) is 6.08 Å². The molecule has 0 aliphatic rings. The minimum atomic E-state index is -0.981. The fourth-order valence-corrected chi connectivity index (χ4v) is 0.174. The van der Waals surface area contributed by atoms with Crippen molar-refractivity contribution in [1.29, 1.82) is 0 Å². The number of carboxylic acids is 1. The van der Waals surface area contributed by atoms with E-state index in [4.69, 9.17) is 28.3 Å². The van der Waals surface area contributed by atoms with Crippen LogP contribution in [0.5, 0.6) is 0 Å². The van der Waals surface area contributed by atoms with Crippen LogP contribution < -0.4 is 0 Å². The molecule has 0 atom stereocenters. The Balaban J connectivity index is -0.000000166. The van der Waals surface area contributed by atoms with Gasteiger partial charge in [-0.3, -0.25) is 0 Å². The lowest BCUT2D eigenvalue weighted by Gasteiger charge is -1.91. The van der Waals surface area contributed by atoms with Gasteiger partial charge in [-0.05, 0) is 6.92 Å². The summed E-state index contributed by atoms with van der Waals surface area (Å²) in [5.74, 6) is -1.33. The van der Waals surface area contributed by atoms with E-state index in [0.29, 0.717) is 5.57 Å². The Morgan fingerprint density at radius 3 is 1.56 bits per heavy atom. The standard InChI is InChI=1S/C5H8O2.C3H4O2.C2H2Cl2/c1-4(2)5(6)7-3;1-2-3(4)5;1-2(3)4/h1H2,2-3H3;2H,1H2,(H,4,5);1H2. The zero-order valence-corrected chi connectivity index (χ0v) is 10.6. The number of hydrogen-bond acceptors (Lipinski definition) is 3. The Morgan fingerprint density at radius 2 is 1.56 bits per heavy atom. The van der Waals surface area contributed by atoms with Crippen molar-refractivity contribution in [2.75, 3.05) is 7.11 Å². The largest absolute Gasteiger partial charge is 0.478 e. The molecule has 0 aromatic carbocycles. The highest BCUT2D eigenvalue weighted by atomic mass is 35.5. The second kappa shape index (κ2) is 13.7. The summed E-state index contributed by atoms with van der Waals surface area (Å²) >= 11 is 9.69. The highest BCUT2D eigenvalue weighted by Crippen LogP contribution is 1.98. The second-order valence-corrected chi connectivity index (χ2v) is 3.26. The number of halogens is 2. The Morgan fingerprint density at radius 1 is 1.31 bits per heavy atom. The number of ether oxygens (including phenoxy) is 1. The molecule has 16 heavy (non-hydrogen) atoms. The predicted molar refractivity (Wildman–Crippen MR) is 65.5 cm³/mol. The van der Waals surface area contributed by atoms with Gasteiger partial charge in [0.15, 0.2) is 0 Å². The molecule has 0 aromatic rings. The van der Waals surface area contributed by atoms with Crippen molar-refractivity contribution in [1.82, 2.24) is 0 Å². The minimum absolute atomic E-state index is 0.111. The quantitative estimate of drug-likeness (QED) is 0.618. The molecule has 1 N–H and O–H groups in total. The van der Waals surface area contributed by atoms with Crippen LogP contribution in [0.3, 0.4) is 0 Å². The van der Waals surface area contributed by atoms with E-state index >= 15 is 0 Å². The molecule has 0 bridgehead atoms. The summed E-state index contributed by atoms with van der Waals surface area (Å²) in [4.78, 5) is 19.4. The summed E-state index contributed by atoms with van der Waals surface area (Å²) in [7, 11) is 1.33. The number of rotatable bonds is 2. The summed E-state index contributed by atoms with van der Waals surface area (Å²) < 4.78 is 4.38. The van der Waals surface area contributed by atoms with Gasteiger partial charge < -0.3 is 9.84 Å². The van der Waals surface area contributed by atoms with Gasteiger partial charge >= 0.3 is 11.9 Å². The lowest BCUT2D eigenvalue weighted by Crippen LogP contribution is -1.98. The number of aliphatic carboxylic acids is 1. The smallest absolute Gasteiger partial charge is 0.332 e. The third-order valence-electron chi connectivity index (χ3n) is 0.708. The zero-order chi connectivity index (χ0) is 13.7. The monoisotopic (exact) mass is 268 g/mol. The van der Waals surface area contributed by atoms with E-state index in [-0.39, 0.29) is 10.5 Å². The fourth-order valence-electron chi connectivity index (χ4n) is 0.174. The molecule has 0 aliphatic carbocycles. The number of carbonyl (C=O) groups excluding carboxylic acids is 1. The van der Waals surface area contributed by atoms with Crippen LogP contribution in [0.4, 0.5) is 0 Å². The molecule has 92 valence electrons. The first-order valence-electron chi connectivity index (χ1n) is 3.78. The van der Waals surface area contributed by atoms with Gasteiger partial charge in [-0.15, -0.1) is 0 Å². The maximum atomic E-state index is 10.2. The highest BCUT2D eigenvalue weighted by Gasteiger charge is 1.95. The van der Waals surface area contributed by atoms with Crippen LogP contribution in [-0.2, 0) is 14.3 Å². The Bertz CT molecular complexity index is 268. The first kappa shape index (κ1) is 20.2. The van der Waals surface area contributed by atoms with Gasteiger partial charge in [0.05, 0.1) is 11.6 Å². The molecule has 0 unspecified atom stereocenters. The Hall–Kier alpha value is -1.26. The summed E-state index contributed by atoms with van der Waals surface area (Å²) in [5, 5.41) is 7.60. The molecule has 0 spiro atoms. The molecule has 0 amide bonds. The molecule has 0 radical (unpaired) electrons. The van der Waals surface area contributed by atoms with Crippen LogP contribution in [-0.4, -0.2) is 24.2 Å². The third-order valence-corrected chi connectivity index (χ3v) is 0.708. The molecular weight excluding hydrogens is 255 g/mol. The van der Waals surface area contributed by atoms with Crippen molar-refractivity contribution in [3.8, 4) is 0 Å². The summed E-state index contributed by atoms with van der Waals surface area (Å²) in [6, 6.07) is 0. The zero-order valence-electron chi connectivity index (χ0n) is 9.13. The molecule has 6 heteroatoms. The van der Waals surface area contributed by atoms with E-state index in [9.17, 15) is 9.59 Å². The van der Waals surface area contributed by atoms with E-state index in [2.05, 4.69) is 24.5 Å². The van der Waals surface area contributed by atoms with Crippen molar-refractivity contribution >= 4 is 35.1 Å². The lowest BCUT2D eigenvalue weighted by atomic mass is 10.4. The van der Waals surface area contributed by atoms with Crippen molar-refractivity contribution in [2.45, 2.75) is 6.92 Å². The average Bonchev–Trinajstić information content (AvgIpc) is 2.16. The summed E-state index contributed by atoms with van der Waals surface area (Å²) in [5.41, 5.74) is 0.433. The maximum Gasteiger partial charge on any atom is 0.332 e. The molecular formula is C10H14Cl2O4. The number of hydrogen-bond donors (Lipinski definition) is 1. The molecule has 0 saturated heterocycles. The van der Waals surface area contributed by atoms with Crippen molar-refractivity contribution in [3.05, 3.63) is 35.9 Å². The van der Waals surface area contributed by atoms with Gasteiger partial charge in [0, 0.05) is 11.6 Å². The highest BCUT2D eigenvalue weighted by molar-refractivity contribution is 6.55. The van der Waals surface area contributed by atoms with Gasteiger partial charge in [0.25, 0.3) is 0 Å². The molecule has 0 heterocycles. The van der Waals surface area contributed by atoms with Crippen LogP contribution in [0.15, 0.2) is 35.9 Å². The Kier molecular flexibility index (Phi) is 17.3. The van der Waals surface area contributed by atoms with E-state index in [1.165, 1.54) is 7.11 Å². The molecule has 4 nitrogen and oxygen atoms in total. The van der Waals surface area contributed by atoms with Gasteiger partial charge in [0.1, 0.15) is 0 Å². The first-order chi connectivity index (χ1) is 7.18. The molecule has 0 saturated carbocycles. The fraction of sp³-hybridized carbons (Fsp3) is 0.200. The lowest BCUT2D eigenvalue weighted by molar-refractivity contribution is -0.136. The Labute approximate surface area is 105 Å². The van der Waals surface area contributed by atoms with E-state index in [1.807, 2.05) is 0 Å². The van der Waals surface area contributed by atoms with E-state index < -0.39 is 5.97 Å². The number of carbonyl (C=O) groups is 2. The first-order valence-corrected chi connectivity index (χ1v) is 4.53. The van der Waals surface area contributed by atoms with Gasteiger partial charge in [-0.25, -0.2) is 9.59 Å². The second-order valence-electron chi connectivity index (χ2n) is 2.15. The van der Waals surface area contributed by atoms with Crippen LogP contribution in [0.2, 0.25) is 0 Å². The normalized spacial score (nSPS) is 7.00. The van der Waals surface area contributed by atoms with Crippen LogP contribution in [0.25, 0.3) is 0 Å². The number of esters is 1. The SMILES string of the molecule is C=C(C)C(=O)OC.C=C(Cl)Cl.C=CC(=O)O. The summed E-state index contributed by atoms with van der Waals surface area (Å²) in [6.45, 7) is 11.0. The summed E-state index contributed by atoms with van der Waals surface area (Å²) in [6.07, 6.45) is 0.833. The number of carboxylic acid groups (broad SMARTS) is 1. The van der Waals surface area contributed by atoms with Gasteiger partial charge in [0.2, 0.25) is 0 Å².